The predicted octanol–water partition coefficient (Wildman–Crippen LogP) is 2.72. The Hall–Kier alpha value is -3.76. The molecule has 6 nitrogen and oxygen atoms in total. The monoisotopic (exact) mass is 402 g/mol. The fraction of sp³-hybridized carbons (Fsp3) is 0.174. The molecule has 0 bridgehead atoms. The third kappa shape index (κ3) is 3.49. The van der Waals surface area contributed by atoms with Crippen molar-refractivity contribution in [1.82, 2.24) is 14.9 Å². The van der Waals surface area contributed by atoms with E-state index in [1.165, 1.54) is 6.07 Å². The van der Waals surface area contributed by atoms with E-state index in [1.54, 1.807) is 48.3 Å². The summed E-state index contributed by atoms with van der Waals surface area (Å²) < 4.78 is 21.4. The number of ether oxygens (including phenoxy) is 1. The largest absolute Gasteiger partial charge is 0.383 e. The average molecular weight is 402 g/mol. The SMILES string of the molecule is C#Cc1ccc2c(c1)C(c1ccccc1F)=NCc1c(C(=O)NCCOC)ncn1-2. The van der Waals surface area contributed by atoms with Gasteiger partial charge < -0.3 is 10.1 Å². The van der Waals surface area contributed by atoms with Gasteiger partial charge in [-0.3, -0.25) is 14.4 Å². The Kier molecular flexibility index (Phi) is 5.42. The van der Waals surface area contributed by atoms with Crippen LogP contribution in [0.1, 0.15) is 32.9 Å². The molecule has 2 heterocycles. The van der Waals surface area contributed by atoms with Gasteiger partial charge in [-0.15, -0.1) is 6.42 Å². The van der Waals surface area contributed by atoms with Crippen LogP contribution in [0.3, 0.4) is 0 Å². The lowest BCUT2D eigenvalue weighted by Crippen LogP contribution is -2.28. The summed E-state index contributed by atoms with van der Waals surface area (Å²) in [6.07, 6.45) is 7.16. The van der Waals surface area contributed by atoms with Crippen LogP contribution >= 0.6 is 0 Å². The van der Waals surface area contributed by atoms with E-state index in [4.69, 9.17) is 11.2 Å². The van der Waals surface area contributed by atoms with E-state index in [0.717, 1.165) is 5.69 Å². The van der Waals surface area contributed by atoms with Gasteiger partial charge in [-0.05, 0) is 30.3 Å². The second kappa shape index (κ2) is 8.31. The first kappa shape index (κ1) is 19.6. The first-order chi connectivity index (χ1) is 14.6. The van der Waals surface area contributed by atoms with Gasteiger partial charge in [0.2, 0.25) is 0 Å². The van der Waals surface area contributed by atoms with Gasteiger partial charge in [-0.25, -0.2) is 9.37 Å². The summed E-state index contributed by atoms with van der Waals surface area (Å²) in [6.45, 7) is 0.930. The highest BCUT2D eigenvalue weighted by atomic mass is 19.1. The minimum Gasteiger partial charge on any atom is -0.383 e. The molecule has 0 saturated heterocycles. The van der Waals surface area contributed by atoms with Crippen molar-refractivity contribution in [2.45, 2.75) is 6.54 Å². The predicted molar refractivity (Wildman–Crippen MR) is 111 cm³/mol. The number of carbonyl (C=O) groups excluding carboxylic acids is 1. The Bertz CT molecular complexity index is 1190. The van der Waals surface area contributed by atoms with Gasteiger partial charge in [0.15, 0.2) is 5.69 Å². The number of aromatic nitrogens is 2. The number of hydrogen-bond donors (Lipinski definition) is 1. The maximum atomic E-state index is 14.6. The van der Waals surface area contributed by atoms with Crippen LogP contribution < -0.4 is 5.32 Å². The lowest BCUT2D eigenvalue weighted by Gasteiger charge is -2.13. The number of aliphatic imine (C=N–C) groups is 1. The van der Waals surface area contributed by atoms with Crippen molar-refractivity contribution in [2.24, 2.45) is 4.99 Å². The summed E-state index contributed by atoms with van der Waals surface area (Å²) in [6, 6.07) is 11.9. The molecule has 1 aliphatic rings. The van der Waals surface area contributed by atoms with E-state index >= 15 is 0 Å². The Morgan fingerprint density at radius 1 is 1.30 bits per heavy atom. The molecule has 0 fully saturated rings. The van der Waals surface area contributed by atoms with E-state index in [1.807, 2.05) is 6.07 Å². The third-order valence-corrected chi connectivity index (χ3v) is 4.87. The summed E-state index contributed by atoms with van der Waals surface area (Å²) in [5.74, 6) is 1.92. The molecule has 1 amide bonds. The van der Waals surface area contributed by atoms with Crippen LogP contribution in [0, 0.1) is 18.2 Å². The normalized spacial score (nSPS) is 12.2. The van der Waals surface area contributed by atoms with Crippen molar-refractivity contribution in [3.8, 4) is 18.0 Å². The van der Waals surface area contributed by atoms with Gasteiger partial charge in [0.25, 0.3) is 5.91 Å². The van der Waals surface area contributed by atoms with Crippen molar-refractivity contribution in [2.75, 3.05) is 20.3 Å². The van der Waals surface area contributed by atoms with Gasteiger partial charge in [0.05, 0.1) is 30.2 Å². The minimum atomic E-state index is -0.379. The fourth-order valence-corrected chi connectivity index (χ4v) is 3.42. The summed E-state index contributed by atoms with van der Waals surface area (Å²) in [7, 11) is 1.56. The molecule has 1 aromatic heterocycles. The van der Waals surface area contributed by atoms with E-state index < -0.39 is 0 Å². The molecule has 2 aromatic carbocycles. The number of amides is 1. The van der Waals surface area contributed by atoms with Gasteiger partial charge in [-0.2, -0.15) is 0 Å². The number of hydrogen-bond acceptors (Lipinski definition) is 4. The van der Waals surface area contributed by atoms with Crippen LogP contribution in [0.4, 0.5) is 4.39 Å². The number of benzene rings is 2. The number of terminal acetylenes is 1. The van der Waals surface area contributed by atoms with Crippen LogP contribution in [0.25, 0.3) is 5.69 Å². The fourth-order valence-electron chi connectivity index (χ4n) is 3.42. The summed E-state index contributed by atoms with van der Waals surface area (Å²) in [5.41, 5.74) is 3.80. The molecule has 1 N–H and O–H groups in total. The summed E-state index contributed by atoms with van der Waals surface area (Å²) >= 11 is 0. The number of fused-ring (bicyclic) bond motifs is 3. The smallest absolute Gasteiger partial charge is 0.271 e. The Balaban J connectivity index is 1.85. The number of nitrogens with zero attached hydrogens (tertiary/aromatic N) is 3. The Morgan fingerprint density at radius 3 is 2.90 bits per heavy atom. The van der Waals surface area contributed by atoms with Gasteiger partial charge in [0, 0.05) is 30.3 Å². The van der Waals surface area contributed by atoms with Crippen molar-refractivity contribution >= 4 is 11.6 Å². The molecule has 0 saturated carbocycles. The Labute approximate surface area is 173 Å². The molecule has 3 aromatic rings. The van der Waals surface area contributed by atoms with Crippen LogP contribution in [0.5, 0.6) is 0 Å². The zero-order valence-corrected chi connectivity index (χ0v) is 16.4. The van der Waals surface area contributed by atoms with Crippen LogP contribution in [0.2, 0.25) is 0 Å². The molecular weight excluding hydrogens is 383 g/mol. The maximum absolute atomic E-state index is 14.6. The third-order valence-electron chi connectivity index (χ3n) is 4.87. The Morgan fingerprint density at radius 2 is 2.13 bits per heavy atom. The topological polar surface area (TPSA) is 68.5 Å². The second-order valence-electron chi connectivity index (χ2n) is 6.68. The van der Waals surface area contributed by atoms with Crippen molar-refractivity contribution in [3.63, 3.8) is 0 Å². The number of carbonyl (C=O) groups is 1. The highest BCUT2D eigenvalue weighted by molar-refractivity contribution is 6.15. The number of nitrogens with one attached hydrogen (secondary N) is 1. The van der Waals surface area contributed by atoms with E-state index in [0.29, 0.717) is 41.2 Å². The molecule has 0 unspecified atom stereocenters. The number of imidazole rings is 1. The van der Waals surface area contributed by atoms with Crippen molar-refractivity contribution < 1.29 is 13.9 Å². The van der Waals surface area contributed by atoms with Gasteiger partial charge in [-0.1, -0.05) is 18.1 Å². The number of rotatable bonds is 5. The van der Waals surface area contributed by atoms with Crippen molar-refractivity contribution in [3.05, 3.63) is 82.7 Å². The van der Waals surface area contributed by atoms with Crippen LogP contribution in [-0.2, 0) is 11.3 Å². The summed E-state index contributed by atoms with van der Waals surface area (Å²) in [4.78, 5) is 21.6. The van der Waals surface area contributed by atoms with Gasteiger partial charge >= 0.3 is 0 Å². The van der Waals surface area contributed by atoms with E-state index in [-0.39, 0.29) is 24.0 Å². The van der Waals surface area contributed by atoms with Crippen LogP contribution in [0.15, 0.2) is 53.8 Å². The molecule has 0 atom stereocenters. The van der Waals surface area contributed by atoms with Gasteiger partial charge in [0.1, 0.15) is 12.1 Å². The molecule has 0 spiro atoms. The average Bonchev–Trinajstić information content (AvgIpc) is 3.12. The summed E-state index contributed by atoms with van der Waals surface area (Å²) in [5, 5.41) is 2.78. The molecule has 1 aliphatic heterocycles. The molecule has 30 heavy (non-hydrogen) atoms. The van der Waals surface area contributed by atoms with Crippen molar-refractivity contribution in [1.29, 1.82) is 0 Å². The number of halogens is 1. The van der Waals surface area contributed by atoms with E-state index in [9.17, 15) is 9.18 Å². The highest BCUT2D eigenvalue weighted by Crippen LogP contribution is 2.28. The maximum Gasteiger partial charge on any atom is 0.271 e. The first-order valence-corrected chi connectivity index (χ1v) is 9.38. The quantitative estimate of drug-likeness (QED) is 0.527. The highest BCUT2D eigenvalue weighted by Gasteiger charge is 2.25. The standard InChI is InChI=1S/C23H19FN4O2/c1-3-15-8-9-19-17(12-15)21(16-6-4-5-7-18(16)24)26-13-20-22(27-14-28(19)20)23(29)25-10-11-30-2/h1,4-9,12,14H,10-11,13H2,2H3,(H,25,29). The molecule has 7 heteroatoms. The lowest BCUT2D eigenvalue weighted by molar-refractivity contribution is 0.0931. The zero-order chi connectivity index (χ0) is 21.1. The first-order valence-electron chi connectivity index (χ1n) is 9.38. The molecule has 0 radical (unpaired) electrons. The lowest BCUT2D eigenvalue weighted by atomic mass is 9.98. The molecule has 0 aliphatic carbocycles. The second-order valence-corrected chi connectivity index (χ2v) is 6.68. The van der Waals surface area contributed by atoms with Crippen LogP contribution in [-0.4, -0.2) is 41.4 Å². The minimum absolute atomic E-state index is 0.163. The zero-order valence-electron chi connectivity index (χ0n) is 16.4. The molecule has 150 valence electrons. The molecule has 4 rings (SSSR count). The molecular formula is C23H19FN4O2. The van der Waals surface area contributed by atoms with E-state index in [2.05, 4.69) is 21.2 Å². The number of methoxy groups -OCH3 is 1.